The molecule has 7 rings (SSSR count). The van der Waals surface area contributed by atoms with Gasteiger partial charge in [0.2, 0.25) is 11.4 Å². The van der Waals surface area contributed by atoms with Crippen LogP contribution in [0.3, 0.4) is 0 Å². The highest BCUT2D eigenvalue weighted by molar-refractivity contribution is 6.15. The fraction of sp³-hybridized carbons (Fsp3) is 0.310. The zero-order valence-electron chi connectivity index (χ0n) is 22.0. The van der Waals surface area contributed by atoms with Gasteiger partial charge in [0.1, 0.15) is 47.9 Å². The molecule has 42 heavy (non-hydrogen) atoms. The van der Waals surface area contributed by atoms with Crippen LogP contribution in [0.1, 0.15) is 39.5 Å². The summed E-state index contributed by atoms with van der Waals surface area (Å²) in [5.41, 5.74) is 1.30. The lowest BCUT2D eigenvalue weighted by atomic mass is 9.75. The van der Waals surface area contributed by atoms with Gasteiger partial charge in [-0.2, -0.15) is 0 Å². The third kappa shape index (κ3) is 4.20. The first-order valence-corrected chi connectivity index (χ1v) is 13.4. The second kappa shape index (κ2) is 10.1. The Bertz CT molecular complexity index is 1670. The van der Waals surface area contributed by atoms with E-state index in [1.54, 1.807) is 36.4 Å². The van der Waals surface area contributed by atoms with E-state index in [0.717, 1.165) is 0 Å². The predicted octanol–water partition coefficient (Wildman–Crippen LogP) is 1.56. The van der Waals surface area contributed by atoms with Gasteiger partial charge in [0, 0.05) is 11.8 Å². The van der Waals surface area contributed by atoms with Crippen LogP contribution in [-0.4, -0.2) is 76.9 Å². The van der Waals surface area contributed by atoms with Crippen LogP contribution in [0, 0.1) is 5.82 Å². The number of rotatable bonds is 6. The van der Waals surface area contributed by atoms with Crippen molar-refractivity contribution in [3.05, 3.63) is 101 Å². The summed E-state index contributed by atoms with van der Waals surface area (Å²) in [6, 6.07) is 16.7. The molecule has 2 aromatic heterocycles. The van der Waals surface area contributed by atoms with Gasteiger partial charge in [-0.05, 0) is 42.0 Å². The quantitative estimate of drug-likeness (QED) is 0.311. The Morgan fingerprint density at radius 3 is 2.67 bits per heavy atom. The standard InChI is InChI=1S/C29H26FN5O7/c30-17-9-7-16(8-10-17)23-24(32-42-29(23)15-34-11-3-5-20(34)27(29)39)19-4-1-2-6-22(19)40-13-18-12-35(33-31-18)28-26(38)25(37)21(36)14-41-28/h1-12,21,23,25-26,28,36-38H,13-15H2/t21-,23?,25-,26+,28-,29?/m0/s1. The average molecular weight is 576 g/mol. The first-order valence-electron chi connectivity index (χ1n) is 13.4. The molecule has 6 atom stereocenters. The van der Waals surface area contributed by atoms with Crippen molar-refractivity contribution in [3.63, 3.8) is 0 Å². The molecular weight excluding hydrogens is 549 g/mol. The molecule has 0 radical (unpaired) electrons. The largest absolute Gasteiger partial charge is 0.486 e. The van der Waals surface area contributed by atoms with Crippen molar-refractivity contribution in [3.8, 4) is 5.75 Å². The third-order valence-corrected chi connectivity index (χ3v) is 7.93. The van der Waals surface area contributed by atoms with Crippen molar-refractivity contribution >= 4 is 11.5 Å². The van der Waals surface area contributed by atoms with Gasteiger partial charge in [0.05, 0.1) is 31.0 Å². The number of halogens is 1. The normalized spacial score (nSPS) is 28.5. The van der Waals surface area contributed by atoms with E-state index >= 15 is 0 Å². The Hall–Kier alpha value is -4.43. The molecule has 0 saturated carbocycles. The van der Waals surface area contributed by atoms with E-state index in [2.05, 4.69) is 15.5 Å². The summed E-state index contributed by atoms with van der Waals surface area (Å²) >= 11 is 0. The minimum atomic E-state index is -1.40. The van der Waals surface area contributed by atoms with Crippen LogP contribution in [-0.2, 0) is 22.7 Å². The molecule has 12 nitrogen and oxygen atoms in total. The summed E-state index contributed by atoms with van der Waals surface area (Å²) in [6.07, 6.45) is -1.69. The minimum Gasteiger partial charge on any atom is -0.486 e. The number of aliphatic hydroxyl groups is 3. The van der Waals surface area contributed by atoms with Crippen LogP contribution >= 0.6 is 0 Å². The number of ether oxygens (including phenoxy) is 2. The molecule has 0 aliphatic carbocycles. The number of benzene rings is 2. The highest BCUT2D eigenvalue weighted by Crippen LogP contribution is 2.47. The molecular formula is C29H26FN5O7. The van der Waals surface area contributed by atoms with Crippen LogP contribution in [0.25, 0.3) is 0 Å². The van der Waals surface area contributed by atoms with E-state index in [1.807, 2.05) is 22.9 Å². The Labute approximate surface area is 238 Å². The lowest BCUT2D eigenvalue weighted by molar-refractivity contribution is -0.214. The molecule has 0 amide bonds. The Kier molecular flexibility index (Phi) is 6.39. The number of ketones is 1. The van der Waals surface area contributed by atoms with Crippen LogP contribution in [0.5, 0.6) is 5.75 Å². The molecule has 1 spiro atoms. The van der Waals surface area contributed by atoms with E-state index in [-0.39, 0.29) is 25.5 Å². The topological polar surface area (TPSA) is 153 Å². The number of para-hydroxylation sites is 1. The van der Waals surface area contributed by atoms with Crippen molar-refractivity contribution in [2.24, 2.45) is 5.16 Å². The molecule has 0 bridgehead atoms. The zero-order chi connectivity index (χ0) is 29.0. The van der Waals surface area contributed by atoms with E-state index in [4.69, 9.17) is 14.3 Å². The highest BCUT2D eigenvalue weighted by Gasteiger charge is 2.60. The summed E-state index contributed by atoms with van der Waals surface area (Å²) in [5.74, 6) is -0.817. The number of aliphatic hydroxyl groups excluding tert-OH is 3. The molecule has 1 saturated heterocycles. The van der Waals surface area contributed by atoms with E-state index in [0.29, 0.717) is 34.0 Å². The molecule has 2 aromatic carbocycles. The summed E-state index contributed by atoms with van der Waals surface area (Å²) in [7, 11) is 0. The van der Waals surface area contributed by atoms with E-state index < -0.39 is 41.9 Å². The SMILES string of the molecule is O=C1c2cccn2CC12ON=C(c1ccccc1OCc1cn([C@H]3OC[C@H](O)[C@H](O)[C@H]3O)nn1)C2c1ccc(F)cc1. The highest BCUT2D eigenvalue weighted by atomic mass is 19.1. The summed E-state index contributed by atoms with van der Waals surface area (Å²) in [5, 5.41) is 42.5. The maximum Gasteiger partial charge on any atom is 0.231 e. The van der Waals surface area contributed by atoms with E-state index in [1.165, 1.54) is 23.0 Å². The van der Waals surface area contributed by atoms with Gasteiger partial charge < -0.3 is 34.2 Å². The Morgan fingerprint density at radius 1 is 1.05 bits per heavy atom. The number of nitrogens with zero attached hydrogens (tertiary/aromatic N) is 5. The van der Waals surface area contributed by atoms with Crippen LogP contribution < -0.4 is 4.74 Å². The molecule has 5 heterocycles. The lowest BCUT2D eigenvalue weighted by Gasteiger charge is -2.34. The van der Waals surface area contributed by atoms with Crippen molar-refractivity contribution in [1.29, 1.82) is 0 Å². The maximum atomic E-state index is 13.9. The monoisotopic (exact) mass is 575 g/mol. The number of carbonyl (C=O) groups excluding carboxylic acids is 1. The fourth-order valence-corrected chi connectivity index (χ4v) is 5.82. The van der Waals surface area contributed by atoms with Gasteiger partial charge in [-0.15, -0.1) is 5.10 Å². The maximum absolute atomic E-state index is 13.9. The zero-order valence-corrected chi connectivity index (χ0v) is 22.0. The molecule has 2 unspecified atom stereocenters. The van der Waals surface area contributed by atoms with Gasteiger partial charge in [-0.1, -0.05) is 34.6 Å². The summed E-state index contributed by atoms with van der Waals surface area (Å²) < 4.78 is 28.6. The number of oxime groups is 1. The van der Waals surface area contributed by atoms with Crippen molar-refractivity contribution < 1.29 is 38.8 Å². The fourth-order valence-electron chi connectivity index (χ4n) is 5.82. The van der Waals surface area contributed by atoms with Gasteiger partial charge in [-0.3, -0.25) is 4.79 Å². The molecule has 13 heteroatoms. The number of hydrogen-bond donors (Lipinski definition) is 3. The average Bonchev–Trinajstić information content (AvgIpc) is 3.78. The van der Waals surface area contributed by atoms with E-state index in [9.17, 15) is 24.5 Å². The van der Waals surface area contributed by atoms with Gasteiger partial charge >= 0.3 is 0 Å². The molecule has 3 aliphatic rings. The molecule has 4 aromatic rings. The van der Waals surface area contributed by atoms with Crippen molar-refractivity contribution in [2.45, 2.75) is 49.2 Å². The molecule has 1 fully saturated rings. The van der Waals surface area contributed by atoms with Crippen LogP contribution in [0.2, 0.25) is 0 Å². The van der Waals surface area contributed by atoms with Gasteiger partial charge in [0.25, 0.3) is 0 Å². The summed E-state index contributed by atoms with van der Waals surface area (Å²) in [4.78, 5) is 19.7. The Balaban J connectivity index is 1.17. The van der Waals surface area contributed by atoms with Crippen molar-refractivity contribution in [1.82, 2.24) is 19.6 Å². The van der Waals surface area contributed by atoms with Crippen molar-refractivity contribution in [2.75, 3.05) is 6.61 Å². The van der Waals surface area contributed by atoms with Crippen LogP contribution in [0.15, 0.2) is 78.2 Å². The lowest BCUT2D eigenvalue weighted by Crippen LogP contribution is -2.50. The Morgan fingerprint density at radius 2 is 1.86 bits per heavy atom. The number of Topliss-reactive ketones (excluding diaryl/α,β-unsaturated/α-hetero) is 1. The van der Waals surface area contributed by atoms with Gasteiger partial charge in [0.15, 0.2) is 6.23 Å². The summed E-state index contributed by atoms with van der Waals surface area (Å²) in [6.45, 7) is 0.0583. The molecule has 216 valence electrons. The second-order valence-corrected chi connectivity index (χ2v) is 10.5. The second-order valence-electron chi connectivity index (χ2n) is 10.5. The minimum absolute atomic E-state index is 0.0180. The first-order chi connectivity index (χ1) is 20.4. The number of fused-ring (bicyclic) bond motifs is 1. The smallest absolute Gasteiger partial charge is 0.231 e. The molecule has 3 aliphatic heterocycles. The third-order valence-electron chi connectivity index (χ3n) is 7.93. The number of hydrogen-bond acceptors (Lipinski definition) is 10. The van der Waals surface area contributed by atoms with Crippen LogP contribution in [0.4, 0.5) is 4.39 Å². The predicted molar refractivity (Wildman–Crippen MR) is 142 cm³/mol. The first kappa shape index (κ1) is 26.5. The number of carbonyl (C=O) groups is 1. The number of aromatic nitrogens is 4. The van der Waals surface area contributed by atoms with Gasteiger partial charge in [-0.25, -0.2) is 9.07 Å². The molecule has 3 N–H and O–H groups in total.